The van der Waals surface area contributed by atoms with Crippen LogP contribution in [-0.2, 0) is 4.79 Å². The van der Waals surface area contributed by atoms with E-state index in [2.05, 4.69) is 10.3 Å². The van der Waals surface area contributed by atoms with Crippen LogP contribution in [0.25, 0.3) is 0 Å². The van der Waals surface area contributed by atoms with E-state index in [1.807, 2.05) is 6.07 Å². The zero-order chi connectivity index (χ0) is 10.0. The van der Waals surface area contributed by atoms with Gasteiger partial charge >= 0.3 is 0 Å². The van der Waals surface area contributed by atoms with Crippen molar-refractivity contribution in [3.63, 3.8) is 0 Å². The second kappa shape index (κ2) is 3.43. The van der Waals surface area contributed by atoms with Gasteiger partial charge in [-0.1, -0.05) is 0 Å². The number of pyridine rings is 1. The van der Waals surface area contributed by atoms with Gasteiger partial charge in [0.05, 0.1) is 0 Å². The van der Waals surface area contributed by atoms with Gasteiger partial charge < -0.3 is 10.3 Å². The van der Waals surface area contributed by atoms with Crippen LogP contribution in [0, 0.1) is 13.8 Å². The van der Waals surface area contributed by atoms with E-state index in [9.17, 15) is 9.59 Å². The molecule has 0 aliphatic heterocycles. The first-order chi connectivity index (χ1) is 6.00. The van der Waals surface area contributed by atoms with Crippen molar-refractivity contribution in [2.45, 2.75) is 20.8 Å². The Morgan fingerprint density at radius 2 is 2.08 bits per heavy atom. The minimum atomic E-state index is -0.257. The number of aromatic nitrogens is 1. The summed E-state index contributed by atoms with van der Waals surface area (Å²) >= 11 is 0. The maximum Gasteiger partial charge on any atom is 0.272 e. The molecule has 0 aromatic carbocycles. The van der Waals surface area contributed by atoms with Crippen LogP contribution in [0.1, 0.15) is 18.2 Å². The lowest BCUT2D eigenvalue weighted by Crippen LogP contribution is -2.19. The van der Waals surface area contributed by atoms with Crippen molar-refractivity contribution in [2.75, 3.05) is 5.32 Å². The Balaban J connectivity index is 3.21. The second-order valence-electron chi connectivity index (χ2n) is 3.02. The van der Waals surface area contributed by atoms with Crippen LogP contribution in [0.3, 0.4) is 0 Å². The van der Waals surface area contributed by atoms with E-state index in [0.717, 1.165) is 11.3 Å². The predicted octanol–water partition coefficient (Wildman–Crippen LogP) is 0.950. The first-order valence-corrected chi connectivity index (χ1v) is 3.99. The van der Waals surface area contributed by atoms with Crippen LogP contribution in [0.15, 0.2) is 10.9 Å². The van der Waals surface area contributed by atoms with E-state index in [4.69, 9.17) is 0 Å². The maximum atomic E-state index is 11.3. The number of anilines is 1. The van der Waals surface area contributed by atoms with Crippen molar-refractivity contribution in [1.82, 2.24) is 4.98 Å². The van der Waals surface area contributed by atoms with E-state index in [1.54, 1.807) is 13.8 Å². The van der Waals surface area contributed by atoms with Crippen molar-refractivity contribution >= 4 is 11.6 Å². The molecule has 2 N–H and O–H groups in total. The summed E-state index contributed by atoms with van der Waals surface area (Å²) in [5.41, 5.74) is 1.64. The molecular formula is C9H12N2O2. The fourth-order valence-electron chi connectivity index (χ4n) is 1.19. The van der Waals surface area contributed by atoms with E-state index in [-0.39, 0.29) is 11.5 Å². The first kappa shape index (κ1) is 9.51. The van der Waals surface area contributed by atoms with E-state index >= 15 is 0 Å². The third-order valence-electron chi connectivity index (χ3n) is 1.67. The van der Waals surface area contributed by atoms with Crippen molar-refractivity contribution in [2.24, 2.45) is 0 Å². The molecule has 0 bridgehead atoms. The monoisotopic (exact) mass is 180 g/mol. The Hall–Kier alpha value is -1.58. The van der Waals surface area contributed by atoms with Gasteiger partial charge in [-0.3, -0.25) is 9.59 Å². The van der Waals surface area contributed by atoms with Gasteiger partial charge in [0.1, 0.15) is 5.69 Å². The summed E-state index contributed by atoms with van der Waals surface area (Å²) < 4.78 is 0. The highest BCUT2D eigenvalue weighted by Gasteiger charge is 2.05. The number of carbonyl (C=O) groups is 1. The molecule has 70 valence electrons. The zero-order valence-corrected chi connectivity index (χ0v) is 7.89. The van der Waals surface area contributed by atoms with Gasteiger partial charge in [-0.2, -0.15) is 0 Å². The van der Waals surface area contributed by atoms with Gasteiger partial charge in [-0.05, 0) is 25.5 Å². The summed E-state index contributed by atoms with van der Waals surface area (Å²) in [6.07, 6.45) is 0. The summed E-state index contributed by atoms with van der Waals surface area (Å²) in [4.78, 5) is 24.7. The lowest BCUT2D eigenvalue weighted by Gasteiger charge is -2.05. The van der Waals surface area contributed by atoms with Gasteiger partial charge in [0.2, 0.25) is 5.91 Å². The lowest BCUT2D eigenvalue weighted by atomic mass is 10.2. The van der Waals surface area contributed by atoms with Crippen LogP contribution in [0.2, 0.25) is 0 Å². The molecule has 1 aromatic rings. The normalized spacial score (nSPS) is 9.77. The summed E-state index contributed by atoms with van der Waals surface area (Å²) in [6, 6.07) is 1.81. The number of amides is 1. The number of carbonyl (C=O) groups excluding carboxylic acids is 1. The number of nitrogens with one attached hydrogen (secondary N) is 2. The molecule has 0 fully saturated rings. The van der Waals surface area contributed by atoms with E-state index < -0.39 is 0 Å². The molecular weight excluding hydrogens is 168 g/mol. The Morgan fingerprint density at radius 1 is 1.46 bits per heavy atom. The highest BCUT2D eigenvalue weighted by molar-refractivity contribution is 5.89. The molecule has 0 aliphatic rings. The summed E-state index contributed by atoms with van der Waals surface area (Å²) in [5, 5.41) is 2.49. The minimum Gasteiger partial charge on any atom is -0.325 e. The van der Waals surface area contributed by atoms with Crippen LogP contribution in [-0.4, -0.2) is 10.9 Å². The van der Waals surface area contributed by atoms with Crippen LogP contribution >= 0.6 is 0 Å². The molecule has 0 spiro atoms. The summed E-state index contributed by atoms with van der Waals surface area (Å²) in [7, 11) is 0. The molecule has 0 aliphatic carbocycles. The highest BCUT2D eigenvalue weighted by atomic mass is 16.2. The molecule has 13 heavy (non-hydrogen) atoms. The summed E-state index contributed by atoms with van der Waals surface area (Å²) in [5.74, 6) is -0.238. The van der Waals surface area contributed by atoms with Gasteiger partial charge in [0.15, 0.2) is 0 Å². The van der Waals surface area contributed by atoms with E-state index in [1.165, 1.54) is 6.92 Å². The number of hydrogen-bond donors (Lipinski definition) is 2. The number of hydrogen-bond acceptors (Lipinski definition) is 2. The zero-order valence-electron chi connectivity index (χ0n) is 7.89. The van der Waals surface area contributed by atoms with Gasteiger partial charge in [0, 0.05) is 12.6 Å². The first-order valence-electron chi connectivity index (χ1n) is 3.99. The molecule has 1 aromatic heterocycles. The number of rotatable bonds is 1. The largest absolute Gasteiger partial charge is 0.325 e. The SMILES string of the molecule is CC(=O)Nc1c(C)cc(C)[nH]c1=O. The third-order valence-corrected chi connectivity index (χ3v) is 1.67. The Kier molecular flexibility index (Phi) is 2.51. The molecule has 0 saturated heterocycles. The van der Waals surface area contributed by atoms with Crippen LogP contribution < -0.4 is 10.9 Å². The molecule has 1 rings (SSSR count). The molecule has 0 radical (unpaired) electrons. The van der Waals surface area contributed by atoms with Crippen LogP contribution in [0.4, 0.5) is 5.69 Å². The maximum absolute atomic E-state index is 11.3. The molecule has 1 amide bonds. The molecule has 1 heterocycles. The molecule has 0 unspecified atom stereocenters. The molecule has 0 saturated carbocycles. The van der Waals surface area contributed by atoms with Crippen LogP contribution in [0.5, 0.6) is 0 Å². The highest BCUT2D eigenvalue weighted by Crippen LogP contribution is 2.08. The van der Waals surface area contributed by atoms with Crippen molar-refractivity contribution < 1.29 is 4.79 Å². The number of aryl methyl sites for hydroxylation is 2. The molecule has 0 atom stereocenters. The van der Waals surface area contributed by atoms with Gasteiger partial charge in [-0.15, -0.1) is 0 Å². The minimum absolute atomic E-state index is 0.238. The Bertz CT molecular complexity index is 393. The van der Waals surface area contributed by atoms with Gasteiger partial charge in [0.25, 0.3) is 5.56 Å². The average Bonchev–Trinajstić information content (AvgIpc) is 1.96. The van der Waals surface area contributed by atoms with Crippen molar-refractivity contribution in [3.8, 4) is 0 Å². The molecule has 4 nitrogen and oxygen atoms in total. The van der Waals surface area contributed by atoms with Gasteiger partial charge in [-0.25, -0.2) is 0 Å². The lowest BCUT2D eigenvalue weighted by molar-refractivity contribution is -0.114. The average molecular weight is 180 g/mol. The third kappa shape index (κ3) is 2.18. The second-order valence-corrected chi connectivity index (χ2v) is 3.02. The standard InChI is InChI=1S/C9H12N2O2/c1-5-4-6(2)10-9(13)8(5)11-7(3)12/h4H,1-3H3,(H,10,13)(H,11,12). The Labute approximate surface area is 76.0 Å². The Morgan fingerprint density at radius 3 is 2.54 bits per heavy atom. The summed E-state index contributed by atoms with van der Waals surface area (Å²) in [6.45, 7) is 4.96. The number of aromatic amines is 1. The molecule has 4 heteroatoms. The van der Waals surface area contributed by atoms with E-state index in [0.29, 0.717) is 5.69 Å². The predicted molar refractivity (Wildman–Crippen MR) is 50.8 cm³/mol. The van der Waals surface area contributed by atoms with Crippen molar-refractivity contribution in [3.05, 3.63) is 27.7 Å². The smallest absolute Gasteiger partial charge is 0.272 e. The fraction of sp³-hybridized carbons (Fsp3) is 0.333. The quantitative estimate of drug-likeness (QED) is 0.675. The van der Waals surface area contributed by atoms with Crippen molar-refractivity contribution in [1.29, 1.82) is 0 Å². The fourth-order valence-corrected chi connectivity index (χ4v) is 1.19. The topological polar surface area (TPSA) is 62.0 Å². The number of H-pyrrole nitrogens is 1.